The van der Waals surface area contributed by atoms with E-state index in [1.54, 1.807) is 7.11 Å². The largest absolute Gasteiger partial charge is 0.496 e. The molecule has 2 atom stereocenters. The van der Waals surface area contributed by atoms with Gasteiger partial charge in [-0.2, -0.15) is 0 Å². The van der Waals surface area contributed by atoms with Crippen LogP contribution in [-0.2, 0) is 11.2 Å². The molecule has 0 aromatic heterocycles. The predicted octanol–water partition coefficient (Wildman–Crippen LogP) is 3.20. The summed E-state index contributed by atoms with van der Waals surface area (Å²) >= 11 is 0. The summed E-state index contributed by atoms with van der Waals surface area (Å²) in [5.41, 5.74) is 2.49. The fourth-order valence-corrected chi connectivity index (χ4v) is 2.65. The van der Waals surface area contributed by atoms with Crippen molar-refractivity contribution in [2.45, 2.75) is 46.3 Å². The smallest absolute Gasteiger partial charge is 0.122 e. The fraction of sp³-hybridized carbons (Fsp3) is 0.647. The van der Waals surface area contributed by atoms with E-state index in [2.05, 4.69) is 45.1 Å². The Labute approximate surface area is 123 Å². The van der Waals surface area contributed by atoms with Crippen LogP contribution >= 0.6 is 0 Å². The van der Waals surface area contributed by atoms with Gasteiger partial charge in [0.1, 0.15) is 5.75 Å². The van der Waals surface area contributed by atoms with E-state index in [9.17, 15) is 0 Å². The molecule has 0 aliphatic carbocycles. The minimum atomic E-state index is 0.204. The number of hydrogen-bond donors (Lipinski definition) is 1. The highest BCUT2D eigenvalue weighted by Crippen LogP contribution is 2.24. The first kappa shape index (κ1) is 17.0. The van der Waals surface area contributed by atoms with E-state index in [4.69, 9.17) is 9.47 Å². The van der Waals surface area contributed by atoms with Crippen molar-refractivity contribution >= 4 is 0 Å². The van der Waals surface area contributed by atoms with Crippen molar-refractivity contribution in [1.29, 1.82) is 0 Å². The van der Waals surface area contributed by atoms with Crippen molar-refractivity contribution in [3.63, 3.8) is 0 Å². The summed E-state index contributed by atoms with van der Waals surface area (Å²) < 4.78 is 11.4. The van der Waals surface area contributed by atoms with Gasteiger partial charge in [0, 0.05) is 12.6 Å². The number of rotatable bonds is 8. The molecule has 0 amide bonds. The van der Waals surface area contributed by atoms with Crippen molar-refractivity contribution in [2.24, 2.45) is 5.92 Å². The normalized spacial score (nSPS) is 14.3. The van der Waals surface area contributed by atoms with Gasteiger partial charge in [0.25, 0.3) is 0 Å². The van der Waals surface area contributed by atoms with Gasteiger partial charge in [0.15, 0.2) is 0 Å². The van der Waals surface area contributed by atoms with E-state index in [1.807, 2.05) is 13.1 Å². The standard InChI is InChI=1S/C17H29NO2/c1-7-20-17(12(2)3)15(18-5)11-14-10-13(4)8-9-16(14)19-6/h8-10,12,15,17-18H,7,11H2,1-6H3. The van der Waals surface area contributed by atoms with Crippen molar-refractivity contribution in [3.05, 3.63) is 29.3 Å². The zero-order valence-electron chi connectivity index (χ0n) is 13.7. The number of nitrogens with one attached hydrogen (secondary N) is 1. The molecule has 1 aromatic rings. The second kappa shape index (κ2) is 8.28. The van der Waals surface area contributed by atoms with E-state index >= 15 is 0 Å². The Morgan fingerprint density at radius 3 is 2.45 bits per heavy atom. The number of hydrogen-bond acceptors (Lipinski definition) is 3. The van der Waals surface area contributed by atoms with Gasteiger partial charge in [-0.05, 0) is 44.9 Å². The molecular formula is C17H29NO2. The molecule has 1 rings (SSSR count). The van der Waals surface area contributed by atoms with Gasteiger partial charge in [0.05, 0.1) is 13.2 Å². The number of benzene rings is 1. The molecule has 2 unspecified atom stereocenters. The summed E-state index contributed by atoms with van der Waals surface area (Å²) in [5, 5.41) is 3.41. The van der Waals surface area contributed by atoms with Crippen LogP contribution in [0, 0.1) is 12.8 Å². The van der Waals surface area contributed by atoms with Crippen LogP contribution in [0.2, 0.25) is 0 Å². The molecule has 0 bridgehead atoms. The minimum absolute atomic E-state index is 0.204. The van der Waals surface area contributed by atoms with Gasteiger partial charge in [0.2, 0.25) is 0 Å². The average Bonchev–Trinajstić information content (AvgIpc) is 2.42. The van der Waals surface area contributed by atoms with Gasteiger partial charge in [-0.3, -0.25) is 0 Å². The summed E-state index contributed by atoms with van der Waals surface area (Å²) in [6, 6.07) is 6.61. The van der Waals surface area contributed by atoms with Crippen LogP contribution in [0.15, 0.2) is 18.2 Å². The van der Waals surface area contributed by atoms with Crippen LogP contribution in [0.4, 0.5) is 0 Å². The molecule has 0 aliphatic heterocycles. The molecule has 3 nitrogen and oxygen atoms in total. The fourth-order valence-electron chi connectivity index (χ4n) is 2.65. The third kappa shape index (κ3) is 4.50. The van der Waals surface area contributed by atoms with E-state index < -0.39 is 0 Å². The first-order valence-electron chi connectivity index (χ1n) is 7.45. The van der Waals surface area contributed by atoms with Crippen LogP contribution < -0.4 is 10.1 Å². The van der Waals surface area contributed by atoms with E-state index in [0.29, 0.717) is 5.92 Å². The molecule has 0 fully saturated rings. The summed E-state index contributed by atoms with van der Waals surface area (Å²) in [7, 11) is 3.73. The van der Waals surface area contributed by atoms with E-state index in [-0.39, 0.29) is 12.1 Å². The van der Waals surface area contributed by atoms with Crippen molar-refractivity contribution in [1.82, 2.24) is 5.32 Å². The molecular weight excluding hydrogens is 250 g/mol. The van der Waals surface area contributed by atoms with Crippen LogP contribution in [0.25, 0.3) is 0 Å². The Bertz CT molecular complexity index is 404. The minimum Gasteiger partial charge on any atom is -0.496 e. The summed E-state index contributed by atoms with van der Waals surface area (Å²) in [5.74, 6) is 1.43. The summed E-state index contributed by atoms with van der Waals surface area (Å²) in [6.07, 6.45) is 1.11. The molecule has 20 heavy (non-hydrogen) atoms. The second-order valence-corrected chi connectivity index (χ2v) is 5.58. The van der Waals surface area contributed by atoms with Gasteiger partial charge >= 0.3 is 0 Å². The molecule has 0 saturated carbocycles. The molecule has 0 heterocycles. The van der Waals surface area contributed by atoms with Gasteiger partial charge < -0.3 is 14.8 Å². The maximum Gasteiger partial charge on any atom is 0.122 e. The van der Waals surface area contributed by atoms with E-state index in [1.165, 1.54) is 11.1 Å². The monoisotopic (exact) mass is 279 g/mol. The van der Waals surface area contributed by atoms with Crippen molar-refractivity contribution in [3.8, 4) is 5.75 Å². The number of aryl methyl sites for hydroxylation is 1. The second-order valence-electron chi connectivity index (χ2n) is 5.58. The maximum atomic E-state index is 5.93. The Morgan fingerprint density at radius 2 is 1.95 bits per heavy atom. The third-order valence-electron chi connectivity index (χ3n) is 3.66. The molecule has 0 radical (unpaired) electrons. The lowest BCUT2D eigenvalue weighted by atomic mass is 9.93. The molecule has 3 heteroatoms. The summed E-state index contributed by atoms with van der Waals surface area (Å²) in [4.78, 5) is 0. The maximum absolute atomic E-state index is 5.93. The third-order valence-corrected chi connectivity index (χ3v) is 3.66. The Kier molecular flexibility index (Phi) is 7.03. The summed E-state index contributed by atoms with van der Waals surface area (Å²) in [6.45, 7) is 9.32. The first-order chi connectivity index (χ1) is 9.53. The highest BCUT2D eigenvalue weighted by atomic mass is 16.5. The quantitative estimate of drug-likeness (QED) is 0.792. The first-order valence-corrected chi connectivity index (χ1v) is 7.45. The topological polar surface area (TPSA) is 30.5 Å². The Hall–Kier alpha value is -1.06. The highest BCUT2D eigenvalue weighted by molar-refractivity contribution is 5.37. The zero-order chi connectivity index (χ0) is 15.1. The predicted molar refractivity (Wildman–Crippen MR) is 84.5 cm³/mol. The number of ether oxygens (including phenoxy) is 2. The van der Waals surface area contributed by atoms with Gasteiger partial charge in [-0.25, -0.2) is 0 Å². The molecule has 0 aliphatic rings. The Morgan fingerprint density at radius 1 is 1.25 bits per heavy atom. The highest BCUT2D eigenvalue weighted by Gasteiger charge is 2.25. The van der Waals surface area contributed by atoms with Gasteiger partial charge in [-0.1, -0.05) is 31.5 Å². The average molecular weight is 279 g/mol. The molecule has 1 aromatic carbocycles. The van der Waals surface area contributed by atoms with Gasteiger partial charge in [-0.15, -0.1) is 0 Å². The molecule has 0 spiro atoms. The van der Waals surface area contributed by atoms with Crippen LogP contribution in [0.1, 0.15) is 31.9 Å². The van der Waals surface area contributed by atoms with Crippen LogP contribution in [0.3, 0.4) is 0 Å². The zero-order valence-corrected chi connectivity index (χ0v) is 13.7. The lowest BCUT2D eigenvalue weighted by Crippen LogP contribution is -2.44. The SMILES string of the molecule is CCOC(C(C)C)C(Cc1cc(C)ccc1OC)NC. The van der Waals surface area contributed by atoms with Crippen LogP contribution in [-0.4, -0.2) is 32.9 Å². The number of methoxy groups -OCH3 is 1. The lowest BCUT2D eigenvalue weighted by Gasteiger charge is -2.30. The van der Waals surface area contributed by atoms with E-state index in [0.717, 1.165) is 18.8 Å². The molecule has 1 N–H and O–H groups in total. The van der Waals surface area contributed by atoms with Crippen LogP contribution in [0.5, 0.6) is 5.75 Å². The Balaban J connectivity index is 2.94. The number of likely N-dealkylation sites (N-methyl/N-ethyl adjacent to an activating group) is 1. The lowest BCUT2D eigenvalue weighted by molar-refractivity contribution is 0.00525. The molecule has 0 saturated heterocycles. The molecule has 114 valence electrons. The van der Waals surface area contributed by atoms with Crippen molar-refractivity contribution in [2.75, 3.05) is 20.8 Å². The van der Waals surface area contributed by atoms with Crippen molar-refractivity contribution < 1.29 is 9.47 Å².